The third kappa shape index (κ3) is 4.85. The van der Waals surface area contributed by atoms with Crippen LogP contribution in [0.2, 0.25) is 10.0 Å². The zero-order valence-corrected chi connectivity index (χ0v) is 13.9. The van der Waals surface area contributed by atoms with E-state index in [0.717, 1.165) is 12.8 Å². The van der Waals surface area contributed by atoms with Gasteiger partial charge in [0.2, 0.25) is 5.91 Å². The third-order valence-electron chi connectivity index (χ3n) is 3.84. The normalized spacial score (nSPS) is 16.0. The van der Waals surface area contributed by atoms with Gasteiger partial charge in [0.25, 0.3) is 0 Å². The van der Waals surface area contributed by atoms with E-state index in [-0.39, 0.29) is 25.0 Å². The summed E-state index contributed by atoms with van der Waals surface area (Å²) in [5, 5.41) is 9.80. The first-order valence-corrected chi connectivity index (χ1v) is 8.30. The van der Waals surface area contributed by atoms with Crippen LogP contribution >= 0.6 is 23.2 Å². The second-order valence-corrected chi connectivity index (χ2v) is 6.22. The van der Waals surface area contributed by atoms with Gasteiger partial charge in [0.1, 0.15) is 0 Å². The highest BCUT2D eigenvalue weighted by molar-refractivity contribution is 6.36. The van der Waals surface area contributed by atoms with Crippen LogP contribution in [0.4, 0.5) is 0 Å². The molecule has 4 nitrogen and oxygen atoms in total. The summed E-state index contributed by atoms with van der Waals surface area (Å²) in [4.78, 5) is 14.2. The number of carbonyl (C=O) groups is 1. The maximum atomic E-state index is 12.4. The van der Waals surface area contributed by atoms with Gasteiger partial charge in [-0.3, -0.25) is 4.79 Å². The van der Waals surface area contributed by atoms with Gasteiger partial charge in [0, 0.05) is 36.3 Å². The first-order valence-electron chi connectivity index (χ1n) is 7.55. The average molecular weight is 346 g/mol. The first kappa shape index (κ1) is 17.5. The fourth-order valence-corrected chi connectivity index (χ4v) is 3.08. The lowest BCUT2D eigenvalue weighted by molar-refractivity contribution is -0.133. The highest BCUT2D eigenvalue weighted by Gasteiger charge is 2.24. The maximum Gasteiger partial charge on any atom is 0.227 e. The molecule has 0 radical (unpaired) electrons. The minimum atomic E-state index is 0.0452. The van der Waals surface area contributed by atoms with Crippen LogP contribution in [0.3, 0.4) is 0 Å². The van der Waals surface area contributed by atoms with Gasteiger partial charge in [-0.2, -0.15) is 0 Å². The molecule has 1 heterocycles. The number of aliphatic hydroxyl groups is 1. The maximum absolute atomic E-state index is 12.4. The molecule has 1 fully saturated rings. The van der Waals surface area contributed by atoms with Crippen molar-refractivity contribution in [3.05, 3.63) is 33.8 Å². The van der Waals surface area contributed by atoms with Crippen LogP contribution in [0.25, 0.3) is 0 Å². The minimum Gasteiger partial charge on any atom is -0.396 e. The summed E-state index contributed by atoms with van der Waals surface area (Å²) in [5.74, 6) is 0.0452. The Labute approximate surface area is 141 Å². The first-order chi connectivity index (χ1) is 10.6. The number of likely N-dealkylation sites (tertiary alicyclic amines) is 1. The molecule has 1 aliphatic heterocycles. The number of aliphatic hydroxyl groups excluding tert-OH is 1. The SMILES string of the molecule is O=C(Cc1c(Cl)cccc1Cl)N1CCC(OCCCO)CC1. The summed E-state index contributed by atoms with van der Waals surface area (Å²) < 4.78 is 5.67. The van der Waals surface area contributed by atoms with Gasteiger partial charge in [-0.25, -0.2) is 0 Å². The summed E-state index contributed by atoms with van der Waals surface area (Å²) in [7, 11) is 0. The number of halogens is 2. The van der Waals surface area contributed by atoms with E-state index in [9.17, 15) is 4.79 Å². The predicted molar refractivity (Wildman–Crippen MR) is 87.4 cm³/mol. The van der Waals surface area contributed by atoms with Crippen LogP contribution in [0.1, 0.15) is 24.8 Å². The Morgan fingerprint density at radius 2 is 1.91 bits per heavy atom. The summed E-state index contributed by atoms with van der Waals surface area (Å²) in [6, 6.07) is 5.27. The second kappa shape index (κ2) is 8.73. The molecule has 1 saturated heterocycles. The van der Waals surface area contributed by atoms with Crippen LogP contribution in [-0.4, -0.2) is 48.3 Å². The Kier molecular flexibility index (Phi) is 6.96. The zero-order valence-electron chi connectivity index (χ0n) is 12.4. The van der Waals surface area contributed by atoms with Crippen LogP contribution < -0.4 is 0 Å². The largest absolute Gasteiger partial charge is 0.396 e. The van der Waals surface area contributed by atoms with Crippen LogP contribution in [-0.2, 0) is 16.0 Å². The third-order valence-corrected chi connectivity index (χ3v) is 4.55. The summed E-state index contributed by atoms with van der Waals surface area (Å²) >= 11 is 12.2. The number of benzene rings is 1. The van der Waals surface area contributed by atoms with E-state index in [4.69, 9.17) is 33.0 Å². The molecular formula is C16H21Cl2NO3. The summed E-state index contributed by atoms with van der Waals surface area (Å²) in [6.07, 6.45) is 2.72. The standard InChI is InChI=1S/C16H21Cl2NO3/c17-14-3-1-4-15(18)13(14)11-16(21)19-7-5-12(6-8-19)22-10-2-9-20/h1,3-4,12,20H,2,5-11H2. The van der Waals surface area contributed by atoms with E-state index in [0.29, 0.717) is 41.7 Å². The van der Waals surface area contributed by atoms with Crippen molar-refractivity contribution < 1.29 is 14.6 Å². The number of nitrogens with zero attached hydrogens (tertiary/aromatic N) is 1. The highest BCUT2D eigenvalue weighted by atomic mass is 35.5. The van der Waals surface area contributed by atoms with Gasteiger partial charge in [-0.05, 0) is 37.0 Å². The van der Waals surface area contributed by atoms with Crippen molar-refractivity contribution >= 4 is 29.1 Å². The number of hydrogen-bond acceptors (Lipinski definition) is 3. The van der Waals surface area contributed by atoms with Crippen LogP contribution in [0, 0.1) is 0 Å². The molecular weight excluding hydrogens is 325 g/mol. The molecule has 0 bridgehead atoms. The fraction of sp³-hybridized carbons (Fsp3) is 0.562. The van der Waals surface area contributed by atoms with Gasteiger partial charge in [-0.15, -0.1) is 0 Å². The van der Waals surface area contributed by atoms with E-state index < -0.39 is 0 Å². The lowest BCUT2D eigenvalue weighted by Gasteiger charge is -2.32. The Morgan fingerprint density at radius 3 is 2.50 bits per heavy atom. The molecule has 1 amide bonds. The lowest BCUT2D eigenvalue weighted by Crippen LogP contribution is -2.41. The summed E-state index contributed by atoms with van der Waals surface area (Å²) in [6.45, 7) is 2.09. The van der Waals surface area contributed by atoms with Crippen molar-refractivity contribution in [2.45, 2.75) is 31.8 Å². The molecule has 0 aromatic heterocycles. The number of rotatable bonds is 6. The second-order valence-electron chi connectivity index (χ2n) is 5.41. The van der Waals surface area contributed by atoms with E-state index in [1.165, 1.54) is 0 Å². The zero-order chi connectivity index (χ0) is 15.9. The van der Waals surface area contributed by atoms with Gasteiger partial charge >= 0.3 is 0 Å². The molecule has 0 saturated carbocycles. The molecule has 0 spiro atoms. The van der Waals surface area contributed by atoms with Crippen molar-refractivity contribution in [1.29, 1.82) is 0 Å². The number of ether oxygens (including phenoxy) is 1. The van der Waals surface area contributed by atoms with Gasteiger partial charge in [0.15, 0.2) is 0 Å². The topological polar surface area (TPSA) is 49.8 Å². The van der Waals surface area contributed by atoms with Crippen molar-refractivity contribution in [3.8, 4) is 0 Å². The molecule has 1 aliphatic rings. The average Bonchev–Trinajstić information content (AvgIpc) is 2.52. The van der Waals surface area contributed by atoms with Gasteiger partial charge < -0.3 is 14.7 Å². The molecule has 6 heteroatoms. The summed E-state index contributed by atoms with van der Waals surface area (Å²) in [5.41, 5.74) is 0.692. The number of piperidine rings is 1. The van der Waals surface area contributed by atoms with Gasteiger partial charge in [-0.1, -0.05) is 29.3 Å². The molecule has 2 rings (SSSR count). The molecule has 0 atom stereocenters. The number of hydrogen-bond donors (Lipinski definition) is 1. The smallest absolute Gasteiger partial charge is 0.227 e. The monoisotopic (exact) mass is 345 g/mol. The molecule has 122 valence electrons. The van der Waals surface area contributed by atoms with Gasteiger partial charge in [0.05, 0.1) is 12.5 Å². The Balaban J connectivity index is 1.82. The van der Waals surface area contributed by atoms with E-state index in [1.54, 1.807) is 18.2 Å². The van der Waals surface area contributed by atoms with Crippen molar-refractivity contribution in [2.75, 3.05) is 26.3 Å². The predicted octanol–water partition coefficient (Wildman–Crippen LogP) is 2.93. The fourth-order valence-electron chi connectivity index (χ4n) is 2.55. The Morgan fingerprint density at radius 1 is 1.27 bits per heavy atom. The van der Waals surface area contributed by atoms with Crippen molar-refractivity contribution in [2.24, 2.45) is 0 Å². The quantitative estimate of drug-likeness (QED) is 0.806. The Bertz CT molecular complexity index is 482. The number of amides is 1. The number of carbonyl (C=O) groups excluding carboxylic acids is 1. The minimum absolute atomic E-state index is 0.0452. The van der Waals surface area contributed by atoms with Crippen molar-refractivity contribution in [3.63, 3.8) is 0 Å². The van der Waals surface area contributed by atoms with Crippen LogP contribution in [0.5, 0.6) is 0 Å². The molecule has 0 unspecified atom stereocenters. The van der Waals surface area contributed by atoms with Crippen molar-refractivity contribution in [1.82, 2.24) is 4.90 Å². The molecule has 1 N–H and O–H groups in total. The highest BCUT2D eigenvalue weighted by Crippen LogP contribution is 2.25. The molecule has 1 aromatic carbocycles. The van der Waals surface area contributed by atoms with Crippen LogP contribution in [0.15, 0.2) is 18.2 Å². The Hall–Kier alpha value is -0.810. The molecule has 22 heavy (non-hydrogen) atoms. The van der Waals surface area contributed by atoms with E-state index in [2.05, 4.69) is 0 Å². The molecule has 0 aliphatic carbocycles. The lowest BCUT2D eigenvalue weighted by atomic mass is 10.1. The van der Waals surface area contributed by atoms with E-state index in [1.807, 2.05) is 4.90 Å². The van der Waals surface area contributed by atoms with E-state index >= 15 is 0 Å². The molecule has 1 aromatic rings.